The summed E-state index contributed by atoms with van der Waals surface area (Å²) < 4.78 is 5.01. The molecule has 5 heteroatoms. The van der Waals surface area contributed by atoms with Gasteiger partial charge in [0.1, 0.15) is 5.82 Å². The predicted octanol–water partition coefficient (Wildman–Crippen LogP) is 1.34. The summed E-state index contributed by atoms with van der Waals surface area (Å²) >= 11 is 0. The quantitative estimate of drug-likeness (QED) is 0.799. The highest BCUT2D eigenvalue weighted by Gasteiger charge is 2.19. The molecule has 2 rings (SSSR count). The fourth-order valence-electron chi connectivity index (χ4n) is 2.25. The monoisotopic (exact) mass is 250 g/mol. The Morgan fingerprint density at radius 2 is 2.17 bits per heavy atom. The van der Waals surface area contributed by atoms with Gasteiger partial charge in [-0.05, 0) is 33.0 Å². The molecule has 1 aromatic heterocycles. The average molecular weight is 250 g/mol. The molecular formula is C13H22N4O. The van der Waals surface area contributed by atoms with Crippen molar-refractivity contribution < 1.29 is 4.74 Å². The van der Waals surface area contributed by atoms with E-state index in [-0.39, 0.29) is 0 Å². The summed E-state index contributed by atoms with van der Waals surface area (Å²) in [5.41, 5.74) is 1.12. The van der Waals surface area contributed by atoms with Gasteiger partial charge in [-0.2, -0.15) is 0 Å². The van der Waals surface area contributed by atoms with Gasteiger partial charge in [0.25, 0.3) is 0 Å². The molecule has 1 aliphatic rings. The van der Waals surface area contributed by atoms with Crippen LogP contribution in [0.25, 0.3) is 0 Å². The summed E-state index contributed by atoms with van der Waals surface area (Å²) in [7, 11) is 3.87. The Morgan fingerprint density at radius 1 is 1.39 bits per heavy atom. The number of ether oxygens (including phenoxy) is 1. The van der Waals surface area contributed by atoms with Crippen molar-refractivity contribution in [3.05, 3.63) is 18.1 Å². The zero-order valence-corrected chi connectivity index (χ0v) is 11.2. The standard InChI is InChI=1S/C13H22N4O/c1-17-6-3-11(4-7-17)12-9-14-10-13(16-12)15-5-8-18-2/h9-11H,3-8H2,1-2H3,(H,15,16). The number of likely N-dealkylation sites (tertiary alicyclic amines) is 1. The van der Waals surface area contributed by atoms with Gasteiger partial charge in [-0.1, -0.05) is 0 Å². The Bertz CT molecular complexity index is 364. The lowest BCUT2D eigenvalue weighted by atomic mass is 9.94. The van der Waals surface area contributed by atoms with E-state index in [9.17, 15) is 0 Å². The summed E-state index contributed by atoms with van der Waals surface area (Å²) in [6.45, 7) is 3.74. The van der Waals surface area contributed by atoms with Gasteiger partial charge < -0.3 is 15.0 Å². The number of anilines is 1. The molecule has 1 aliphatic heterocycles. The minimum atomic E-state index is 0.554. The Hall–Kier alpha value is -1.20. The molecule has 100 valence electrons. The first-order chi connectivity index (χ1) is 8.79. The first-order valence-electron chi connectivity index (χ1n) is 6.53. The van der Waals surface area contributed by atoms with Crippen molar-refractivity contribution in [1.29, 1.82) is 0 Å². The number of piperidine rings is 1. The Labute approximate surface area is 109 Å². The second kappa shape index (κ2) is 6.66. The molecular weight excluding hydrogens is 228 g/mol. The maximum atomic E-state index is 5.01. The van der Waals surface area contributed by atoms with Crippen LogP contribution in [0.3, 0.4) is 0 Å². The lowest BCUT2D eigenvalue weighted by molar-refractivity contribution is 0.210. The Balaban J connectivity index is 1.94. The Kier molecular flexibility index (Phi) is 4.90. The number of hydrogen-bond donors (Lipinski definition) is 1. The summed E-state index contributed by atoms with van der Waals surface area (Å²) in [4.78, 5) is 11.3. The van der Waals surface area contributed by atoms with Crippen LogP contribution in [0.15, 0.2) is 12.4 Å². The van der Waals surface area contributed by atoms with E-state index in [2.05, 4.69) is 27.2 Å². The van der Waals surface area contributed by atoms with Gasteiger partial charge in [0.2, 0.25) is 0 Å². The first kappa shape index (κ1) is 13.2. The number of nitrogens with zero attached hydrogens (tertiary/aromatic N) is 3. The highest BCUT2D eigenvalue weighted by molar-refractivity contribution is 5.32. The molecule has 5 nitrogen and oxygen atoms in total. The third-order valence-electron chi connectivity index (χ3n) is 3.40. The molecule has 1 saturated heterocycles. The topological polar surface area (TPSA) is 50.3 Å². The SMILES string of the molecule is COCCNc1cncc(C2CCN(C)CC2)n1. The van der Waals surface area contributed by atoms with Gasteiger partial charge in [0.15, 0.2) is 0 Å². The highest BCUT2D eigenvalue weighted by Crippen LogP contribution is 2.25. The molecule has 0 amide bonds. The molecule has 0 atom stereocenters. The van der Waals surface area contributed by atoms with Gasteiger partial charge in [-0.25, -0.2) is 4.98 Å². The van der Waals surface area contributed by atoms with E-state index in [4.69, 9.17) is 4.74 Å². The van der Waals surface area contributed by atoms with E-state index in [0.29, 0.717) is 12.5 Å². The number of rotatable bonds is 5. The van der Waals surface area contributed by atoms with E-state index in [1.54, 1.807) is 13.3 Å². The van der Waals surface area contributed by atoms with E-state index >= 15 is 0 Å². The molecule has 1 N–H and O–H groups in total. The first-order valence-corrected chi connectivity index (χ1v) is 6.53. The molecule has 0 aromatic carbocycles. The van der Waals surface area contributed by atoms with Crippen molar-refractivity contribution in [1.82, 2.24) is 14.9 Å². The van der Waals surface area contributed by atoms with Crippen LogP contribution in [0.1, 0.15) is 24.5 Å². The van der Waals surface area contributed by atoms with Gasteiger partial charge in [0.05, 0.1) is 18.5 Å². The third kappa shape index (κ3) is 3.65. The highest BCUT2D eigenvalue weighted by atomic mass is 16.5. The average Bonchev–Trinajstić information content (AvgIpc) is 2.40. The van der Waals surface area contributed by atoms with E-state index < -0.39 is 0 Å². The van der Waals surface area contributed by atoms with E-state index in [0.717, 1.165) is 31.1 Å². The summed E-state index contributed by atoms with van der Waals surface area (Å²) in [5.74, 6) is 1.40. The third-order valence-corrected chi connectivity index (χ3v) is 3.40. The van der Waals surface area contributed by atoms with Crippen molar-refractivity contribution in [2.45, 2.75) is 18.8 Å². The van der Waals surface area contributed by atoms with Crippen LogP contribution in [0.2, 0.25) is 0 Å². The predicted molar refractivity (Wildman–Crippen MR) is 71.9 cm³/mol. The van der Waals surface area contributed by atoms with Crippen LogP contribution in [-0.2, 0) is 4.74 Å². The zero-order valence-electron chi connectivity index (χ0n) is 11.2. The summed E-state index contributed by atoms with van der Waals surface area (Å²) in [6, 6.07) is 0. The van der Waals surface area contributed by atoms with Crippen LogP contribution in [0.5, 0.6) is 0 Å². The molecule has 0 radical (unpaired) electrons. The van der Waals surface area contributed by atoms with Gasteiger partial charge in [-0.3, -0.25) is 4.98 Å². The van der Waals surface area contributed by atoms with Crippen molar-refractivity contribution >= 4 is 5.82 Å². The number of hydrogen-bond acceptors (Lipinski definition) is 5. The lowest BCUT2D eigenvalue weighted by Gasteiger charge is -2.28. The number of aromatic nitrogens is 2. The van der Waals surface area contributed by atoms with Crippen LogP contribution >= 0.6 is 0 Å². The molecule has 0 aliphatic carbocycles. The van der Waals surface area contributed by atoms with Crippen LogP contribution < -0.4 is 5.32 Å². The maximum Gasteiger partial charge on any atom is 0.144 e. The van der Waals surface area contributed by atoms with Crippen molar-refractivity contribution in [2.24, 2.45) is 0 Å². The van der Waals surface area contributed by atoms with Crippen molar-refractivity contribution in [2.75, 3.05) is 45.7 Å². The molecule has 0 bridgehead atoms. The lowest BCUT2D eigenvalue weighted by Crippen LogP contribution is -2.29. The fourth-order valence-corrected chi connectivity index (χ4v) is 2.25. The van der Waals surface area contributed by atoms with Crippen molar-refractivity contribution in [3.63, 3.8) is 0 Å². The van der Waals surface area contributed by atoms with Gasteiger partial charge in [0, 0.05) is 25.8 Å². The number of methoxy groups -OCH3 is 1. The minimum absolute atomic E-state index is 0.554. The van der Waals surface area contributed by atoms with Gasteiger partial charge >= 0.3 is 0 Å². The smallest absolute Gasteiger partial charge is 0.144 e. The summed E-state index contributed by atoms with van der Waals surface area (Å²) in [6.07, 6.45) is 6.02. The van der Waals surface area contributed by atoms with Crippen molar-refractivity contribution in [3.8, 4) is 0 Å². The molecule has 0 spiro atoms. The fraction of sp³-hybridized carbons (Fsp3) is 0.692. The minimum Gasteiger partial charge on any atom is -0.383 e. The molecule has 0 unspecified atom stereocenters. The maximum absolute atomic E-state index is 5.01. The second-order valence-corrected chi connectivity index (χ2v) is 4.83. The van der Waals surface area contributed by atoms with Crippen LogP contribution in [0, 0.1) is 0 Å². The molecule has 18 heavy (non-hydrogen) atoms. The molecule has 0 saturated carbocycles. The molecule has 1 aromatic rings. The second-order valence-electron chi connectivity index (χ2n) is 4.83. The molecule has 2 heterocycles. The van der Waals surface area contributed by atoms with Crippen LogP contribution in [0.4, 0.5) is 5.82 Å². The van der Waals surface area contributed by atoms with E-state index in [1.807, 2.05) is 6.20 Å². The van der Waals surface area contributed by atoms with E-state index in [1.165, 1.54) is 12.8 Å². The Morgan fingerprint density at radius 3 is 2.89 bits per heavy atom. The molecule has 1 fully saturated rings. The van der Waals surface area contributed by atoms with Gasteiger partial charge in [-0.15, -0.1) is 0 Å². The summed E-state index contributed by atoms with van der Waals surface area (Å²) in [5, 5.41) is 3.22. The van der Waals surface area contributed by atoms with Crippen LogP contribution in [-0.4, -0.2) is 55.3 Å². The normalized spacial score (nSPS) is 17.9. The zero-order chi connectivity index (χ0) is 12.8. The number of nitrogens with one attached hydrogen (secondary N) is 1. The largest absolute Gasteiger partial charge is 0.383 e.